The quantitative estimate of drug-likeness (QED) is 0.176. The number of aromatic nitrogens is 1. The van der Waals surface area contributed by atoms with Crippen LogP contribution in [0.5, 0.6) is 5.75 Å². The summed E-state index contributed by atoms with van der Waals surface area (Å²) in [5.41, 5.74) is 2.44. The van der Waals surface area contributed by atoms with Gasteiger partial charge in [-0.25, -0.2) is 14.6 Å². The molecule has 0 spiro atoms. The average Bonchev–Trinajstić information content (AvgIpc) is 3.68. The van der Waals surface area contributed by atoms with E-state index in [1.807, 2.05) is 61.5 Å². The minimum Gasteiger partial charge on any atom is -0.494 e. The molecule has 1 atom stereocenters. The van der Waals surface area contributed by atoms with Crippen LogP contribution in [0.1, 0.15) is 47.1 Å². The third-order valence-electron chi connectivity index (χ3n) is 7.43. The van der Waals surface area contributed by atoms with Crippen molar-refractivity contribution in [1.82, 2.24) is 4.57 Å². The van der Waals surface area contributed by atoms with Crippen LogP contribution in [-0.4, -0.2) is 36.8 Å². The highest BCUT2D eigenvalue weighted by molar-refractivity contribution is 7.07. The number of carbonyl (C=O) groups is 2. The lowest BCUT2D eigenvalue weighted by molar-refractivity contribution is -0.138. The summed E-state index contributed by atoms with van der Waals surface area (Å²) in [4.78, 5) is 45.6. The molecule has 47 heavy (non-hydrogen) atoms. The lowest BCUT2D eigenvalue weighted by atomic mass is 9.93. The molecule has 0 aliphatic carbocycles. The number of esters is 2. The number of hydrogen-bond acceptors (Lipinski definition) is 9. The zero-order chi connectivity index (χ0) is 33.1. The second-order valence-electron chi connectivity index (χ2n) is 10.3. The number of fused-ring (bicyclic) bond motifs is 1. The molecule has 11 heteroatoms. The van der Waals surface area contributed by atoms with Crippen LogP contribution in [-0.2, 0) is 14.3 Å². The van der Waals surface area contributed by atoms with Crippen molar-refractivity contribution in [2.75, 3.05) is 20.3 Å². The van der Waals surface area contributed by atoms with E-state index in [1.54, 1.807) is 43.3 Å². The van der Waals surface area contributed by atoms with Gasteiger partial charge in [-0.3, -0.25) is 9.36 Å². The normalized spacial score (nSPS) is 14.4. The predicted octanol–water partition coefficient (Wildman–Crippen LogP) is 6.03. The van der Waals surface area contributed by atoms with Gasteiger partial charge in [-0.1, -0.05) is 65.4 Å². The summed E-state index contributed by atoms with van der Waals surface area (Å²) < 4.78 is 24.0. The molecular formula is C36H29ClN2O7S. The molecule has 2 aromatic heterocycles. The van der Waals surface area contributed by atoms with Crippen LogP contribution in [0.3, 0.4) is 0 Å². The minimum atomic E-state index is -0.834. The molecule has 9 nitrogen and oxygen atoms in total. The molecular weight excluding hydrogens is 640 g/mol. The van der Waals surface area contributed by atoms with E-state index in [1.165, 1.54) is 23.0 Å². The maximum absolute atomic E-state index is 14.2. The van der Waals surface area contributed by atoms with E-state index in [0.29, 0.717) is 60.6 Å². The Hall–Kier alpha value is -5.19. The zero-order valence-electron chi connectivity index (χ0n) is 25.7. The van der Waals surface area contributed by atoms with E-state index in [9.17, 15) is 14.4 Å². The van der Waals surface area contributed by atoms with E-state index in [-0.39, 0.29) is 23.3 Å². The highest BCUT2D eigenvalue weighted by atomic mass is 35.5. The molecule has 1 aliphatic rings. The highest BCUT2D eigenvalue weighted by Gasteiger charge is 2.35. The van der Waals surface area contributed by atoms with Crippen molar-refractivity contribution in [3.63, 3.8) is 0 Å². The molecule has 238 valence electrons. The summed E-state index contributed by atoms with van der Waals surface area (Å²) in [6.07, 6.45) is 1.61. The molecule has 0 amide bonds. The van der Waals surface area contributed by atoms with Crippen molar-refractivity contribution < 1.29 is 28.2 Å². The Bertz CT molecular complexity index is 2180. The molecule has 0 N–H and O–H groups in total. The molecule has 0 unspecified atom stereocenters. The molecule has 0 bridgehead atoms. The molecule has 0 radical (unpaired) electrons. The van der Waals surface area contributed by atoms with Gasteiger partial charge in [0, 0.05) is 22.2 Å². The largest absolute Gasteiger partial charge is 0.494 e. The van der Waals surface area contributed by atoms with Crippen molar-refractivity contribution in [3.8, 4) is 17.1 Å². The van der Waals surface area contributed by atoms with Crippen LogP contribution in [0, 0.1) is 0 Å². The molecule has 5 aromatic rings. The fourth-order valence-corrected chi connectivity index (χ4v) is 6.53. The molecule has 3 aromatic carbocycles. The van der Waals surface area contributed by atoms with Crippen molar-refractivity contribution >= 4 is 46.6 Å². The Morgan fingerprint density at radius 2 is 1.74 bits per heavy atom. The molecule has 6 rings (SSSR count). The number of nitrogens with zero attached hydrogens (tertiary/aromatic N) is 2. The number of thiazole rings is 1. The van der Waals surface area contributed by atoms with Crippen molar-refractivity contribution in [1.29, 1.82) is 0 Å². The number of ether oxygens (including phenoxy) is 3. The number of furan rings is 1. The fourth-order valence-electron chi connectivity index (χ4n) is 5.38. The van der Waals surface area contributed by atoms with Gasteiger partial charge in [-0.15, -0.1) is 0 Å². The minimum absolute atomic E-state index is 0.149. The van der Waals surface area contributed by atoms with E-state index < -0.39 is 18.0 Å². The van der Waals surface area contributed by atoms with Gasteiger partial charge in [0.25, 0.3) is 5.56 Å². The maximum atomic E-state index is 14.2. The van der Waals surface area contributed by atoms with Gasteiger partial charge in [-0.05, 0) is 61.9 Å². The molecule has 0 saturated carbocycles. The fraction of sp³-hybridized carbons (Fsp3) is 0.167. The Kier molecular flexibility index (Phi) is 9.24. The number of benzene rings is 3. The SMILES string of the molecule is CCOC(=O)C1=C(c2ccccc2)N=c2s/c(=C\c3ccc(-c4cc(Cl)ccc4C(=O)OC)o3)c(=O)n2[C@@H]1c1ccc(OCC)cc1. The number of carbonyl (C=O) groups excluding carboxylic acids is 2. The van der Waals surface area contributed by atoms with E-state index in [0.717, 1.165) is 0 Å². The Labute approximate surface area is 278 Å². The van der Waals surface area contributed by atoms with Gasteiger partial charge in [-0.2, -0.15) is 0 Å². The third kappa shape index (κ3) is 6.30. The summed E-state index contributed by atoms with van der Waals surface area (Å²) >= 11 is 7.40. The summed E-state index contributed by atoms with van der Waals surface area (Å²) in [6.45, 7) is 4.28. The predicted molar refractivity (Wildman–Crippen MR) is 179 cm³/mol. The van der Waals surface area contributed by atoms with E-state index in [4.69, 9.17) is 35.2 Å². The summed E-state index contributed by atoms with van der Waals surface area (Å²) in [5.74, 6) is 0.296. The van der Waals surface area contributed by atoms with Gasteiger partial charge in [0.05, 0.1) is 47.7 Å². The van der Waals surface area contributed by atoms with Crippen LogP contribution in [0.25, 0.3) is 23.1 Å². The maximum Gasteiger partial charge on any atom is 0.338 e. The average molecular weight is 669 g/mol. The number of methoxy groups -OCH3 is 1. The topological polar surface area (TPSA) is 109 Å². The van der Waals surface area contributed by atoms with Crippen LogP contribution < -0.4 is 19.6 Å². The zero-order valence-corrected chi connectivity index (χ0v) is 27.3. The van der Waals surface area contributed by atoms with Crippen LogP contribution in [0.15, 0.2) is 105 Å². The lowest BCUT2D eigenvalue weighted by Crippen LogP contribution is -2.40. The smallest absolute Gasteiger partial charge is 0.338 e. The van der Waals surface area contributed by atoms with Gasteiger partial charge in [0.2, 0.25) is 0 Å². The van der Waals surface area contributed by atoms with Crippen molar-refractivity contribution in [2.24, 2.45) is 4.99 Å². The number of rotatable bonds is 9. The summed E-state index contributed by atoms with van der Waals surface area (Å²) in [7, 11) is 1.30. The Morgan fingerprint density at radius 1 is 0.979 bits per heavy atom. The van der Waals surface area contributed by atoms with Crippen LogP contribution >= 0.6 is 22.9 Å². The number of halogens is 1. The first-order valence-corrected chi connectivity index (χ1v) is 16.0. The first-order valence-electron chi connectivity index (χ1n) is 14.8. The third-order valence-corrected chi connectivity index (χ3v) is 8.65. The van der Waals surface area contributed by atoms with Gasteiger partial charge < -0.3 is 18.6 Å². The van der Waals surface area contributed by atoms with E-state index >= 15 is 0 Å². The second kappa shape index (κ2) is 13.7. The van der Waals surface area contributed by atoms with Crippen LogP contribution in [0.2, 0.25) is 5.02 Å². The monoisotopic (exact) mass is 668 g/mol. The second-order valence-corrected chi connectivity index (χ2v) is 11.8. The molecule has 0 saturated heterocycles. The van der Waals surface area contributed by atoms with Gasteiger partial charge >= 0.3 is 11.9 Å². The summed E-state index contributed by atoms with van der Waals surface area (Å²) in [5, 5.41) is 0.417. The molecule has 0 fully saturated rings. The Balaban J connectivity index is 1.53. The molecule has 1 aliphatic heterocycles. The van der Waals surface area contributed by atoms with Gasteiger partial charge in [0.1, 0.15) is 17.3 Å². The Morgan fingerprint density at radius 3 is 2.45 bits per heavy atom. The highest BCUT2D eigenvalue weighted by Crippen LogP contribution is 2.36. The first-order chi connectivity index (χ1) is 22.8. The standard InChI is InChI=1S/C36H29ClN2O7S/c1-4-44-24-14-11-22(12-15-24)32-30(35(42)45-5-2)31(21-9-7-6-8-10-21)38-36-39(32)33(40)29(47-36)20-25-16-18-28(46-25)27-19-23(37)13-17-26(27)34(41)43-3/h6-20,32H,4-5H2,1-3H3/b29-20-/t32-/m1/s1. The first kappa shape index (κ1) is 31.8. The van der Waals surface area contributed by atoms with Crippen molar-refractivity contribution in [2.45, 2.75) is 19.9 Å². The van der Waals surface area contributed by atoms with E-state index in [2.05, 4.69) is 0 Å². The number of hydrogen-bond donors (Lipinski definition) is 0. The lowest BCUT2D eigenvalue weighted by Gasteiger charge is -2.26. The molecule has 3 heterocycles. The van der Waals surface area contributed by atoms with Crippen LogP contribution in [0.4, 0.5) is 0 Å². The van der Waals surface area contributed by atoms with Gasteiger partial charge in [0.15, 0.2) is 4.80 Å². The summed E-state index contributed by atoms with van der Waals surface area (Å²) in [6, 6.07) is 23.9. The van der Waals surface area contributed by atoms with Crippen molar-refractivity contribution in [3.05, 3.63) is 138 Å².